The Morgan fingerprint density at radius 2 is 1.20 bits per heavy atom. The van der Waals surface area contributed by atoms with E-state index >= 15 is 0 Å². The fourth-order valence-electron chi connectivity index (χ4n) is 4.15. The number of unbranched alkanes of at least 4 members (excludes halogenated alkanes) is 1. The number of nitrogens with two attached hydrogens (primary N) is 3. The molecule has 0 aliphatic carbocycles. The minimum absolute atomic E-state index is 0.0531. The summed E-state index contributed by atoms with van der Waals surface area (Å²) in [5.41, 5.74) is 18.4. The van der Waals surface area contributed by atoms with Crippen molar-refractivity contribution >= 4 is 29.6 Å². The van der Waals surface area contributed by atoms with Gasteiger partial charge in [-0.25, -0.2) is 4.79 Å². The van der Waals surface area contributed by atoms with E-state index in [9.17, 15) is 29.1 Å². The van der Waals surface area contributed by atoms with Gasteiger partial charge in [0.2, 0.25) is 23.6 Å². The second-order valence-corrected chi connectivity index (χ2v) is 9.80. The summed E-state index contributed by atoms with van der Waals surface area (Å²) in [5.74, 6) is -3.95. The topological polar surface area (TPSA) is 220 Å². The van der Waals surface area contributed by atoms with E-state index in [0.717, 1.165) is 5.56 Å². The van der Waals surface area contributed by atoms with Gasteiger partial charge in [-0.2, -0.15) is 0 Å². The van der Waals surface area contributed by atoms with Crippen LogP contribution in [0, 0.1) is 0 Å². The standard InChI is InChI=1S/C29H40N6O6/c30-16-8-7-13-23(29(40)41)34-28(39)24(18-20-11-5-2-6-12-20)35-27(38)22(14-15-25(32)36)33-26(37)21(31)17-19-9-3-1-4-10-19/h1-6,9-12,21-24H,7-8,13-18,30-31H2,(H2,32,36)(H,33,37)(H,34,39)(H,35,38)(H,40,41). The number of aliphatic carboxylic acids is 1. The first-order valence-corrected chi connectivity index (χ1v) is 13.6. The molecule has 0 saturated carbocycles. The molecule has 2 aromatic rings. The van der Waals surface area contributed by atoms with Gasteiger partial charge in [0.1, 0.15) is 18.1 Å². The molecule has 12 nitrogen and oxygen atoms in total. The van der Waals surface area contributed by atoms with Crippen LogP contribution in [0.4, 0.5) is 0 Å². The molecule has 0 bridgehead atoms. The van der Waals surface area contributed by atoms with Crippen LogP contribution in [-0.2, 0) is 36.8 Å². The molecule has 4 atom stereocenters. The van der Waals surface area contributed by atoms with Gasteiger partial charge in [0.15, 0.2) is 0 Å². The van der Waals surface area contributed by atoms with Gasteiger partial charge in [-0.3, -0.25) is 19.2 Å². The maximum atomic E-state index is 13.4. The van der Waals surface area contributed by atoms with Gasteiger partial charge in [0.05, 0.1) is 6.04 Å². The number of carbonyl (C=O) groups is 5. The summed E-state index contributed by atoms with van der Waals surface area (Å²) >= 11 is 0. The third-order valence-corrected chi connectivity index (χ3v) is 6.42. The molecular formula is C29H40N6O6. The molecule has 0 aliphatic rings. The molecule has 10 N–H and O–H groups in total. The van der Waals surface area contributed by atoms with Crippen LogP contribution in [0.15, 0.2) is 60.7 Å². The second kappa shape index (κ2) is 17.4. The van der Waals surface area contributed by atoms with Crippen molar-refractivity contribution in [3.05, 3.63) is 71.8 Å². The van der Waals surface area contributed by atoms with Gasteiger partial charge >= 0.3 is 5.97 Å². The minimum Gasteiger partial charge on any atom is -0.480 e. The van der Waals surface area contributed by atoms with Gasteiger partial charge in [-0.05, 0) is 49.8 Å². The minimum atomic E-state index is -1.22. The summed E-state index contributed by atoms with van der Waals surface area (Å²) in [4.78, 5) is 62.8. The van der Waals surface area contributed by atoms with Crippen LogP contribution < -0.4 is 33.2 Å². The Balaban J connectivity index is 2.20. The number of amides is 4. The van der Waals surface area contributed by atoms with E-state index < -0.39 is 53.8 Å². The van der Waals surface area contributed by atoms with Crippen molar-refractivity contribution < 1.29 is 29.1 Å². The van der Waals surface area contributed by atoms with Crippen molar-refractivity contribution in [2.75, 3.05) is 6.54 Å². The van der Waals surface area contributed by atoms with Crippen LogP contribution >= 0.6 is 0 Å². The van der Waals surface area contributed by atoms with Gasteiger partial charge in [-0.1, -0.05) is 60.7 Å². The lowest BCUT2D eigenvalue weighted by atomic mass is 10.0. The van der Waals surface area contributed by atoms with E-state index in [2.05, 4.69) is 16.0 Å². The largest absolute Gasteiger partial charge is 0.480 e. The number of benzene rings is 2. The first kappa shape index (κ1) is 32.9. The van der Waals surface area contributed by atoms with Gasteiger partial charge in [-0.15, -0.1) is 0 Å². The van der Waals surface area contributed by atoms with Crippen molar-refractivity contribution in [2.45, 2.75) is 69.1 Å². The SMILES string of the molecule is NCCCCC(NC(=O)C(Cc1ccccc1)NC(=O)C(CCC(N)=O)NC(=O)C(N)Cc1ccccc1)C(=O)O. The summed E-state index contributed by atoms with van der Waals surface area (Å²) in [5, 5.41) is 17.3. The lowest BCUT2D eigenvalue weighted by Crippen LogP contribution is -2.57. The Labute approximate surface area is 239 Å². The second-order valence-electron chi connectivity index (χ2n) is 9.80. The van der Waals surface area contributed by atoms with Crippen molar-refractivity contribution in [3.63, 3.8) is 0 Å². The highest BCUT2D eigenvalue weighted by Crippen LogP contribution is 2.09. The first-order valence-electron chi connectivity index (χ1n) is 13.6. The van der Waals surface area contributed by atoms with E-state index in [1.807, 2.05) is 30.3 Å². The van der Waals surface area contributed by atoms with E-state index in [0.29, 0.717) is 24.9 Å². The highest BCUT2D eigenvalue weighted by molar-refractivity contribution is 5.94. The zero-order valence-electron chi connectivity index (χ0n) is 23.0. The van der Waals surface area contributed by atoms with Gasteiger partial charge in [0, 0.05) is 12.8 Å². The number of hydrogen-bond donors (Lipinski definition) is 7. The first-order chi connectivity index (χ1) is 19.6. The Bertz CT molecular complexity index is 1150. The summed E-state index contributed by atoms with van der Waals surface area (Å²) in [7, 11) is 0. The number of hydrogen-bond acceptors (Lipinski definition) is 7. The molecule has 0 heterocycles. The van der Waals surface area contributed by atoms with Crippen LogP contribution in [-0.4, -0.2) is 65.4 Å². The Hall–Kier alpha value is -4.29. The highest BCUT2D eigenvalue weighted by Gasteiger charge is 2.30. The molecule has 41 heavy (non-hydrogen) atoms. The van der Waals surface area contributed by atoms with Gasteiger partial charge in [0.25, 0.3) is 0 Å². The lowest BCUT2D eigenvalue weighted by Gasteiger charge is -2.25. The molecule has 4 amide bonds. The van der Waals surface area contributed by atoms with E-state index in [4.69, 9.17) is 17.2 Å². The maximum absolute atomic E-state index is 13.4. The summed E-state index contributed by atoms with van der Waals surface area (Å²) < 4.78 is 0. The molecule has 0 aromatic heterocycles. The number of carboxylic acid groups (broad SMARTS) is 1. The smallest absolute Gasteiger partial charge is 0.326 e. The maximum Gasteiger partial charge on any atom is 0.326 e. The molecule has 4 unspecified atom stereocenters. The number of carbonyl (C=O) groups excluding carboxylic acids is 4. The quantitative estimate of drug-likeness (QED) is 0.118. The summed E-state index contributed by atoms with van der Waals surface area (Å²) in [6.45, 7) is 0.389. The third kappa shape index (κ3) is 12.2. The Kier molecular flexibility index (Phi) is 14.0. The monoisotopic (exact) mass is 568 g/mol. The summed E-state index contributed by atoms with van der Waals surface area (Å²) in [6, 6.07) is 13.4. The number of nitrogens with one attached hydrogen (secondary N) is 3. The average molecular weight is 569 g/mol. The molecule has 2 rings (SSSR count). The van der Waals surface area contributed by atoms with Crippen LogP contribution in [0.3, 0.4) is 0 Å². The van der Waals surface area contributed by atoms with Crippen molar-refractivity contribution in [3.8, 4) is 0 Å². The molecule has 0 radical (unpaired) electrons. The molecule has 0 spiro atoms. The summed E-state index contributed by atoms with van der Waals surface area (Å²) in [6.07, 6.45) is 1.20. The molecule has 0 aliphatic heterocycles. The van der Waals surface area contributed by atoms with Crippen LogP contribution in [0.5, 0.6) is 0 Å². The Morgan fingerprint density at radius 1 is 0.683 bits per heavy atom. The van der Waals surface area contributed by atoms with E-state index in [1.54, 1.807) is 30.3 Å². The zero-order valence-corrected chi connectivity index (χ0v) is 23.0. The number of carboxylic acids is 1. The fourth-order valence-corrected chi connectivity index (χ4v) is 4.15. The average Bonchev–Trinajstić information content (AvgIpc) is 2.95. The Morgan fingerprint density at radius 3 is 1.73 bits per heavy atom. The molecule has 12 heteroatoms. The van der Waals surface area contributed by atoms with Crippen molar-refractivity contribution in [1.82, 2.24) is 16.0 Å². The molecule has 2 aromatic carbocycles. The van der Waals surface area contributed by atoms with Crippen LogP contribution in [0.1, 0.15) is 43.2 Å². The van der Waals surface area contributed by atoms with Crippen LogP contribution in [0.25, 0.3) is 0 Å². The predicted molar refractivity (Wildman–Crippen MR) is 153 cm³/mol. The number of rotatable bonds is 18. The molecule has 0 fully saturated rings. The third-order valence-electron chi connectivity index (χ3n) is 6.42. The molecule has 0 saturated heterocycles. The highest BCUT2D eigenvalue weighted by atomic mass is 16.4. The number of primary amides is 1. The molecule has 222 valence electrons. The predicted octanol–water partition coefficient (Wildman–Crippen LogP) is -0.267. The van der Waals surface area contributed by atoms with E-state index in [1.165, 1.54) is 0 Å². The van der Waals surface area contributed by atoms with Crippen LogP contribution in [0.2, 0.25) is 0 Å². The zero-order chi connectivity index (χ0) is 30.2. The van der Waals surface area contributed by atoms with E-state index in [-0.39, 0.29) is 32.1 Å². The lowest BCUT2D eigenvalue weighted by molar-refractivity contribution is -0.142. The van der Waals surface area contributed by atoms with Gasteiger partial charge < -0.3 is 38.3 Å². The fraction of sp³-hybridized carbons (Fsp3) is 0.414. The van der Waals surface area contributed by atoms with Crippen molar-refractivity contribution in [1.29, 1.82) is 0 Å². The normalized spacial score (nSPS) is 13.7. The van der Waals surface area contributed by atoms with Crippen molar-refractivity contribution in [2.24, 2.45) is 17.2 Å². The molecular weight excluding hydrogens is 528 g/mol.